The highest BCUT2D eigenvalue weighted by Gasteiger charge is 2.55. The fourth-order valence-corrected chi connectivity index (χ4v) is 5.42. The summed E-state index contributed by atoms with van der Waals surface area (Å²) in [7, 11) is 0. The summed E-state index contributed by atoms with van der Waals surface area (Å²) >= 11 is 0. The minimum atomic E-state index is -0.722. The highest BCUT2D eigenvalue weighted by Crippen LogP contribution is 2.54. The van der Waals surface area contributed by atoms with Crippen LogP contribution < -0.4 is 0 Å². The van der Waals surface area contributed by atoms with E-state index in [1.807, 2.05) is 6.92 Å². The van der Waals surface area contributed by atoms with Gasteiger partial charge in [0.2, 0.25) is 0 Å². The molecule has 1 aromatic rings. The Morgan fingerprint density at radius 1 is 0.788 bits per heavy atom. The monoisotopic (exact) mass is 460 g/mol. The number of hydrogen-bond acceptors (Lipinski definition) is 3. The van der Waals surface area contributed by atoms with Crippen LogP contribution in [0.25, 0.3) is 0 Å². The molecule has 2 atom stereocenters. The van der Waals surface area contributed by atoms with Gasteiger partial charge < -0.3 is 9.84 Å². The number of esters is 1. The number of aliphatic hydroxyl groups excluding tert-OH is 1. The van der Waals surface area contributed by atoms with Crippen molar-refractivity contribution in [3.8, 4) is 0 Å². The largest absolute Gasteiger partial charge is 0.463 e. The Morgan fingerprint density at radius 3 is 1.64 bits per heavy atom. The van der Waals surface area contributed by atoms with E-state index in [9.17, 15) is 4.79 Å². The number of carbonyl (C=O) groups excluding carboxylic acids is 1. The van der Waals surface area contributed by atoms with E-state index in [2.05, 4.69) is 107 Å². The van der Waals surface area contributed by atoms with Crippen LogP contribution in [0.5, 0.6) is 0 Å². The van der Waals surface area contributed by atoms with Crippen molar-refractivity contribution in [2.75, 3.05) is 13.2 Å². The molecule has 0 aliphatic heterocycles. The molecule has 1 rings (SSSR count). The molecule has 190 valence electrons. The first kappa shape index (κ1) is 29.7. The van der Waals surface area contributed by atoms with Crippen molar-refractivity contribution in [3.63, 3.8) is 0 Å². The maximum atomic E-state index is 13.2. The second-order valence-corrected chi connectivity index (χ2v) is 14.3. The maximum absolute atomic E-state index is 13.2. The van der Waals surface area contributed by atoms with Gasteiger partial charge >= 0.3 is 5.97 Å². The lowest BCUT2D eigenvalue weighted by atomic mass is 9.53. The molecule has 0 aliphatic carbocycles. The van der Waals surface area contributed by atoms with Gasteiger partial charge in [0.1, 0.15) is 6.61 Å². The van der Waals surface area contributed by atoms with Gasteiger partial charge in [0.05, 0.1) is 12.0 Å². The van der Waals surface area contributed by atoms with Gasteiger partial charge in [0, 0.05) is 0 Å². The minimum absolute atomic E-state index is 0.0362. The Balaban J connectivity index is 3.35. The number of carbonyl (C=O) groups is 1. The molecule has 0 amide bonds. The Hall–Kier alpha value is -1.35. The summed E-state index contributed by atoms with van der Waals surface area (Å²) in [4.78, 5) is 13.2. The quantitative estimate of drug-likeness (QED) is 0.407. The van der Waals surface area contributed by atoms with Crippen LogP contribution in [0.3, 0.4) is 0 Å². The lowest BCUT2D eigenvalue weighted by Crippen LogP contribution is -2.53. The standard InChI is InChI=1S/C30H52O3/c1-25(2,3)21-29(12,26(4,5)6)23-16-14-22(15-17-23)20-28(10,11)30(13,27(7,8)9)24(32)33-19-18-31/h14-17,31H,18-21H2,1-13H3. The highest BCUT2D eigenvalue weighted by molar-refractivity contribution is 5.78. The second kappa shape index (κ2) is 9.72. The molecule has 0 bridgehead atoms. The molecule has 0 radical (unpaired) electrons. The number of benzene rings is 1. The first-order valence-electron chi connectivity index (χ1n) is 12.5. The van der Waals surface area contributed by atoms with Gasteiger partial charge in [-0.05, 0) is 58.0 Å². The molecule has 33 heavy (non-hydrogen) atoms. The molecule has 3 nitrogen and oxygen atoms in total. The van der Waals surface area contributed by atoms with E-state index in [1.54, 1.807) is 0 Å². The minimum Gasteiger partial charge on any atom is -0.463 e. The van der Waals surface area contributed by atoms with Crippen molar-refractivity contribution < 1.29 is 14.6 Å². The van der Waals surface area contributed by atoms with E-state index >= 15 is 0 Å². The zero-order valence-corrected chi connectivity index (χ0v) is 23.9. The number of hydrogen-bond donors (Lipinski definition) is 1. The fourth-order valence-electron chi connectivity index (χ4n) is 5.42. The summed E-state index contributed by atoms with van der Waals surface area (Å²) in [5, 5.41) is 9.16. The van der Waals surface area contributed by atoms with Gasteiger partial charge in [-0.15, -0.1) is 0 Å². The predicted molar refractivity (Wildman–Crippen MR) is 140 cm³/mol. The smallest absolute Gasteiger partial charge is 0.312 e. The molecule has 2 unspecified atom stereocenters. The van der Waals surface area contributed by atoms with Gasteiger partial charge in [-0.25, -0.2) is 0 Å². The Morgan fingerprint density at radius 2 is 1.27 bits per heavy atom. The van der Waals surface area contributed by atoms with Crippen LogP contribution in [-0.2, 0) is 21.4 Å². The summed E-state index contributed by atoms with van der Waals surface area (Å²) < 4.78 is 5.47. The molecule has 0 aromatic heterocycles. The summed E-state index contributed by atoms with van der Waals surface area (Å²) in [5.74, 6) is -0.240. The van der Waals surface area contributed by atoms with Gasteiger partial charge in [-0.3, -0.25) is 4.79 Å². The molecule has 3 heteroatoms. The van der Waals surface area contributed by atoms with Crippen molar-refractivity contribution in [2.24, 2.45) is 27.1 Å². The third-order valence-corrected chi connectivity index (χ3v) is 8.36. The van der Waals surface area contributed by atoms with E-state index in [0.717, 1.165) is 12.8 Å². The van der Waals surface area contributed by atoms with Crippen LogP contribution in [0.1, 0.15) is 108 Å². The number of ether oxygens (including phenoxy) is 1. The summed E-state index contributed by atoms with van der Waals surface area (Å²) in [5.41, 5.74) is 1.62. The Kier molecular flexibility index (Phi) is 8.74. The van der Waals surface area contributed by atoms with Crippen molar-refractivity contribution in [1.29, 1.82) is 0 Å². The molecule has 1 aromatic carbocycles. The highest BCUT2D eigenvalue weighted by atomic mass is 16.5. The van der Waals surface area contributed by atoms with Crippen LogP contribution in [0, 0.1) is 27.1 Å². The normalized spacial score (nSPS) is 17.3. The van der Waals surface area contributed by atoms with Crippen molar-refractivity contribution >= 4 is 5.97 Å². The molecule has 0 spiro atoms. The van der Waals surface area contributed by atoms with Gasteiger partial charge in [-0.2, -0.15) is 0 Å². The summed E-state index contributed by atoms with van der Waals surface area (Å²) in [6.45, 7) is 28.8. The lowest BCUT2D eigenvalue weighted by Gasteiger charge is -2.50. The molecule has 0 fully saturated rings. The zero-order valence-electron chi connectivity index (χ0n) is 23.9. The van der Waals surface area contributed by atoms with Crippen molar-refractivity contribution in [3.05, 3.63) is 35.4 Å². The Bertz CT molecular complexity index is 784. The topological polar surface area (TPSA) is 46.5 Å². The third kappa shape index (κ3) is 6.41. The average molecular weight is 461 g/mol. The molecular weight excluding hydrogens is 408 g/mol. The van der Waals surface area contributed by atoms with E-state index in [0.29, 0.717) is 0 Å². The maximum Gasteiger partial charge on any atom is 0.312 e. The van der Waals surface area contributed by atoms with E-state index in [1.165, 1.54) is 11.1 Å². The van der Waals surface area contributed by atoms with Crippen LogP contribution >= 0.6 is 0 Å². The fraction of sp³-hybridized carbons (Fsp3) is 0.767. The van der Waals surface area contributed by atoms with E-state index in [4.69, 9.17) is 9.84 Å². The first-order chi connectivity index (χ1) is 14.6. The van der Waals surface area contributed by atoms with Crippen molar-refractivity contribution in [2.45, 2.75) is 108 Å². The average Bonchev–Trinajstić information content (AvgIpc) is 2.62. The lowest BCUT2D eigenvalue weighted by molar-refractivity contribution is -0.175. The van der Waals surface area contributed by atoms with Gasteiger partial charge in [0.15, 0.2) is 0 Å². The second-order valence-electron chi connectivity index (χ2n) is 14.3. The third-order valence-electron chi connectivity index (χ3n) is 8.36. The Labute approximate surface area is 204 Å². The molecule has 0 saturated heterocycles. The van der Waals surface area contributed by atoms with E-state index in [-0.39, 0.29) is 46.3 Å². The van der Waals surface area contributed by atoms with Gasteiger partial charge in [-0.1, -0.05) is 107 Å². The summed E-state index contributed by atoms with van der Waals surface area (Å²) in [6, 6.07) is 9.07. The molecule has 1 N–H and O–H groups in total. The van der Waals surface area contributed by atoms with Crippen LogP contribution in [0.2, 0.25) is 0 Å². The van der Waals surface area contributed by atoms with Crippen LogP contribution in [0.4, 0.5) is 0 Å². The summed E-state index contributed by atoms with van der Waals surface area (Å²) in [6.07, 6.45) is 1.87. The predicted octanol–water partition coefficient (Wildman–Crippen LogP) is 7.58. The van der Waals surface area contributed by atoms with E-state index < -0.39 is 5.41 Å². The van der Waals surface area contributed by atoms with Crippen LogP contribution in [-0.4, -0.2) is 24.3 Å². The van der Waals surface area contributed by atoms with Crippen molar-refractivity contribution in [1.82, 2.24) is 0 Å². The van der Waals surface area contributed by atoms with Crippen LogP contribution in [0.15, 0.2) is 24.3 Å². The zero-order chi connectivity index (χ0) is 26.1. The molecule has 0 heterocycles. The first-order valence-corrected chi connectivity index (χ1v) is 12.5. The SMILES string of the molecule is CC(C)(C)CC(C)(c1ccc(CC(C)(C)C(C)(C(=O)OCCO)C(C)(C)C)cc1)C(C)(C)C. The van der Waals surface area contributed by atoms with Gasteiger partial charge in [0.25, 0.3) is 0 Å². The number of aliphatic hydroxyl groups is 1. The molecule has 0 saturated carbocycles. The molecular formula is C30H52O3. The number of rotatable bonds is 8. The molecule has 0 aliphatic rings.